The second-order valence-corrected chi connectivity index (χ2v) is 10.2. The van der Waals surface area contributed by atoms with E-state index >= 15 is 0 Å². The monoisotopic (exact) mass is 565 g/mol. The number of alkyl halides is 3. The van der Waals surface area contributed by atoms with Gasteiger partial charge in [-0.25, -0.2) is 4.98 Å². The maximum atomic E-state index is 12.8. The Morgan fingerprint density at radius 2 is 2.00 bits per heavy atom. The Hall–Kier alpha value is -2.89. The van der Waals surface area contributed by atoms with Crippen molar-refractivity contribution in [1.29, 1.82) is 0 Å². The standard InChI is InChI=1S/C23H15BrF3N3O2S2/c24-15-4-7-19(31)13(8-15)11-28-16-5-6-18-20(10-16)34-22(30-18)33-12-21(32)29-17-3-1-2-14(9-17)23(25,26)27/h1-11,31H,12H2,(H,29,32). The van der Waals surface area contributed by atoms with Crippen LogP contribution in [0, 0.1) is 0 Å². The van der Waals surface area contributed by atoms with Crippen LogP contribution in [0.4, 0.5) is 24.5 Å². The first-order chi connectivity index (χ1) is 16.2. The number of phenolic OH excluding ortho intramolecular Hbond substituents is 1. The number of phenols is 1. The van der Waals surface area contributed by atoms with Crippen LogP contribution in [0.1, 0.15) is 11.1 Å². The quantitative estimate of drug-likeness (QED) is 0.190. The van der Waals surface area contributed by atoms with Gasteiger partial charge in [0, 0.05) is 21.9 Å². The summed E-state index contributed by atoms with van der Waals surface area (Å²) in [5.41, 5.74) is 1.26. The van der Waals surface area contributed by atoms with Crippen molar-refractivity contribution < 1.29 is 23.1 Å². The molecule has 0 aliphatic carbocycles. The van der Waals surface area contributed by atoms with E-state index in [0.717, 1.165) is 26.8 Å². The fraction of sp³-hybridized carbons (Fsp3) is 0.0870. The van der Waals surface area contributed by atoms with E-state index in [1.54, 1.807) is 30.5 Å². The first-order valence-electron chi connectivity index (χ1n) is 9.70. The van der Waals surface area contributed by atoms with Crippen LogP contribution in [0.2, 0.25) is 0 Å². The van der Waals surface area contributed by atoms with Crippen LogP contribution in [0.5, 0.6) is 5.75 Å². The number of aromatic nitrogens is 1. The predicted molar refractivity (Wildman–Crippen MR) is 133 cm³/mol. The number of carbonyl (C=O) groups is 1. The molecule has 0 saturated heterocycles. The molecule has 11 heteroatoms. The first-order valence-corrected chi connectivity index (χ1v) is 12.3. The maximum absolute atomic E-state index is 12.8. The molecule has 4 rings (SSSR count). The van der Waals surface area contributed by atoms with Gasteiger partial charge in [0.05, 0.1) is 27.2 Å². The van der Waals surface area contributed by atoms with Crippen LogP contribution in [0.25, 0.3) is 10.2 Å². The third-order valence-electron chi connectivity index (χ3n) is 4.50. The number of hydrogen-bond acceptors (Lipinski definition) is 6. The minimum absolute atomic E-state index is 0.00321. The van der Waals surface area contributed by atoms with Gasteiger partial charge >= 0.3 is 6.18 Å². The van der Waals surface area contributed by atoms with Crippen LogP contribution < -0.4 is 5.32 Å². The number of thioether (sulfide) groups is 1. The Morgan fingerprint density at radius 3 is 2.79 bits per heavy atom. The number of fused-ring (bicyclic) bond motifs is 1. The Labute approximate surface area is 208 Å². The molecule has 0 aliphatic heterocycles. The van der Waals surface area contributed by atoms with Crippen molar-refractivity contribution in [1.82, 2.24) is 4.98 Å². The molecule has 0 atom stereocenters. The summed E-state index contributed by atoms with van der Waals surface area (Å²) >= 11 is 5.94. The van der Waals surface area contributed by atoms with Crippen molar-refractivity contribution in [3.8, 4) is 5.75 Å². The van der Waals surface area contributed by atoms with Gasteiger partial charge < -0.3 is 10.4 Å². The van der Waals surface area contributed by atoms with Gasteiger partial charge in [0.25, 0.3) is 0 Å². The third-order valence-corrected chi connectivity index (χ3v) is 7.15. The Balaban J connectivity index is 1.40. The maximum Gasteiger partial charge on any atom is 0.416 e. The van der Waals surface area contributed by atoms with Gasteiger partial charge in [0.2, 0.25) is 5.91 Å². The summed E-state index contributed by atoms with van der Waals surface area (Å²) in [5, 5.41) is 12.4. The number of halogens is 4. The summed E-state index contributed by atoms with van der Waals surface area (Å²) in [5.74, 6) is -0.306. The number of anilines is 1. The number of nitrogens with zero attached hydrogens (tertiary/aromatic N) is 2. The molecule has 0 saturated carbocycles. The molecule has 0 unspecified atom stereocenters. The molecule has 34 heavy (non-hydrogen) atoms. The topological polar surface area (TPSA) is 74.6 Å². The molecule has 0 aliphatic rings. The lowest BCUT2D eigenvalue weighted by Gasteiger charge is -2.09. The molecule has 2 N–H and O–H groups in total. The third kappa shape index (κ3) is 6.16. The van der Waals surface area contributed by atoms with Crippen LogP contribution in [-0.4, -0.2) is 28.0 Å². The van der Waals surface area contributed by atoms with Crippen LogP contribution in [0.15, 0.2) is 74.5 Å². The lowest BCUT2D eigenvalue weighted by molar-refractivity contribution is -0.137. The summed E-state index contributed by atoms with van der Waals surface area (Å²) < 4.78 is 40.8. The molecule has 5 nitrogen and oxygen atoms in total. The Bertz CT molecular complexity index is 1390. The average molecular weight is 566 g/mol. The molecular weight excluding hydrogens is 551 g/mol. The smallest absolute Gasteiger partial charge is 0.416 e. The predicted octanol–water partition coefficient (Wildman–Crippen LogP) is 7.26. The molecular formula is C23H15BrF3N3O2S2. The first kappa shape index (κ1) is 24.2. The van der Waals surface area contributed by atoms with Gasteiger partial charge in [-0.2, -0.15) is 13.2 Å². The molecule has 0 radical (unpaired) electrons. The second-order valence-electron chi connectivity index (χ2n) is 7.01. The fourth-order valence-corrected chi connectivity index (χ4v) is 5.18. The number of rotatable bonds is 6. The number of aromatic hydroxyl groups is 1. The summed E-state index contributed by atoms with van der Waals surface area (Å²) in [6.07, 6.45) is -2.91. The van der Waals surface area contributed by atoms with E-state index in [1.807, 2.05) is 12.1 Å². The summed E-state index contributed by atoms with van der Waals surface area (Å²) in [4.78, 5) is 21.1. The highest BCUT2D eigenvalue weighted by Crippen LogP contribution is 2.33. The molecule has 4 aromatic rings. The number of carbonyl (C=O) groups excluding carboxylic acids is 1. The Morgan fingerprint density at radius 1 is 1.18 bits per heavy atom. The zero-order chi connectivity index (χ0) is 24.3. The fourth-order valence-electron chi connectivity index (χ4n) is 2.90. The highest BCUT2D eigenvalue weighted by molar-refractivity contribution is 9.10. The van der Waals surface area contributed by atoms with E-state index < -0.39 is 17.6 Å². The van der Waals surface area contributed by atoms with Crippen molar-refractivity contribution in [2.24, 2.45) is 4.99 Å². The molecule has 3 aromatic carbocycles. The van der Waals surface area contributed by atoms with Gasteiger partial charge in [-0.3, -0.25) is 9.79 Å². The Kier molecular flexibility index (Phi) is 7.24. The molecule has 1 aromatic heterocycles. The summed E-state index contributed by atoms with van der Waals surface area (Å²) in [6.45, 7) is 0. The van der Waals surface area contributed by atoms with Crippen molar-refractivity contribution in [3.63, 3.8) is 0 Å². The minimum Gasteiger partial charge on any atom is -0.507 e. The second kappa shape index (κ2) is 10.2. The van der Waals surface area contributed by atoms with Crippen LogP contribution >= 0.6 is 39.0 Å². The SMILES string of the molecule is O=C(CSc1nc2ccc(N=Cc3cc(Br)ccc3O)cc2s1)Nc1cccc(C(F)(F)F)c1. The minimum atomic E-state index is -4.47. The van der Waals surface area contributed by atoms with Gasteiger partial charge in [0.15, 0.2) is 4.34 Å². The number of hydrogen-bond donors (Lipinski definition) is 2. The zero-order valence-electron chi connectivity index (χ0n) is 17.1. The normalized spacial score (nSPS) is 11.9. The van der Waals surface area contributed by atoms with Crippen molar-refractivity contribution >= 4 is 72.7 Å². The number of benzene rings is 3. The highest BCUT2D eigenvalue weighted by Gasteiger charge is 2.30. The van der Waals surface area contributed by atoms with E-state index in [9.17, 15) is 23.1 Å². The van der Waals surface area contributed by atoms with Crippen molar-refractivity contribution in [2.45, 2.75) is 10.5 Å². The average Bonchev–Trinajstić information content (AvgIpc) is 3.20. The largest absolute Gasteiger partial charge is 0.507 e. The zero-order valence-corrected chi connectivity index (χ0v) is 20.4. The lowest BCUT2D eigenvalue weighted by Crippen LogP contribution is -2.14. The van der Waals surface area contributed by atoms with E-state index in [1.165, 1.54) is 35.2 Å². The number of nitrogens with one attached hydrogen (secondary N) is 1. The molecule has 1 amide bonds. The van der Waals surface area contributed by atoms with Crippen molar-refractivity contribution in [2.75, 3.05) is 11.1 Å². The van der Waals surface area contributed by atoms with Crippen LogP contribution in [-0.2, 0) is 11.0 Å². The molecule has 0 fully saturated rings. The van der Waals surface area contributed by atoms with Crippen molar-refractivity contribution in [3.05, 3.63) is 76.3 Å². The van der Waals surface area contributed by atoms with E-state index in [0.29, 0.717) is 15.6 Å². The molecule has 0 bridgehead atoms. The summed E-state index contributed by atoms with van der Waals surface area (Å²) in [6, 6.07) is 15.0. The van der Waals surface area contributed by atoms with Gasteiger partial charge in [-0.15, -0.1) is 11.3 Å². The van der Waals surface area contributed by atoms with E-state index in [2.05, 4.69) is 31.2 Å². The van der Waals surface area contributed by atoms with Gasteiger partial charge in [0.1, 0.15) is 5.75 Å². The van der Waals surface area contributed by atoms with E-state index in [4.69, 9.17) is 0 Å². The van der Waals surface area contributed by atoms with Gasteiger partial charge in [-0.1, -0.05) is 33.8 Å². The molecule has 1 heterocycles. The highest BCUT2D eigenvalue weighted by atomic mass is 79.9. The van der Waals surface area contributed by atoms with E-state index in [-0.39, 0.29) is 17.2 Å². The number of thiazole rings is 1. The number of aliphatic imine (C=N–C) groups is 1. The lowest BCUT2D eigenvalue weighted by atomic mass is 10.2. The molecule has 0 spiro atoms. The van der Waals surface area contributed by atoms with Crippen LogP contribution in [0.3, 0.4) is 0 Å². The number of amides is 1. The summed E-state index contributed by atoms with van der Waals surface area (Å²) in [7, 11) is 0. The van der Waals surface area contributed by atoms with Gasteiger partial charge in [-0.05, 0) is 54.6 Å². The molecule has 174 valence electrons.